The highest BCUT2D eigenvalue weighted by Crippen LogP contribution is 2.42. The van der Waals surface area contributed by atoms with Gasteiger partial charge in [0.2, 0.25) is 11.8 Å². The molecule has 5 heteroatoms. The van der Waals surface area contributed by atoms with Gasteiger partial charge in [0.1, 0.15) is 0 Å². The Balaban J connectivity index is 2.59. The number of carbonyl (C=O) groups is 3. The van der Waals surface area contributed by atoms with Gasteiger partial charge in [-0.2, -0.15) is 0 Å². The predicted molar refractivity (Wildman–Crippen MR) is 78.2 cm³/mol. The molecule has 21 heavy (non-hydrogen) atoms. The zero-order valence-electron chi connectivity index (χ0n) is 12.6. The van der Waals surface area contributed by atoms with Crippen LogP contribution in [0.4, 0.5) is 5.69 Å². The average molecular weight is 289 g/mol. The molecule has 1 N–H and O–H groups in total. The molecule has 112 valence electrons. The minimum Gasteiger partial charge on any atom is -0.478 e. The molecule has 2 amide bonds. The lowest BCUT2D eigenvalue weighted by molar-refractivity contribution is -0.126. The summed E-state index contributed by atoms with van der Waals surface area (Å²) in [6, 6.07) is 4.82. The normalized spacial score (nSPS) is 22.2. The number of hydrogen-bond donors (Lipinski definition) is 1. The largest absolute Gasteiger partial charge is 0.478 e. The lowest BCUT2D eigenvalue weighted by atomic mass is 9.78. The van der Waals surface area contributed by atoms with Crippen LogP contribution >= 0.6 is 0 Å². The number of aromatic carboxylic acids is 1. The van der Waals surface area contributed by atoms with E-state index in [4.69, 9.17) is 0 Å². The fourth-order valence-electron chi connectivity index (χ4n) is 2.65. The first-order valence-electron chi connectivity index (χ1n) is 6.90. The molecule has 0 aliphatic carbocycles. The maximum Gasteiger partial charge on any atom is 0.338 e. The molecule has 1 aromatic rings. The smallest absolute Gasteiger partial charge is 0.338 e. The third kappa shape index (κ3) is 2.22. The highest BCUT2D eigenvalue weighted by Gasteiger charge is 2.51. The zero-order chi connectivity index (χ0) is 15.9. The molecule has 0 aromatic heterocycles. The minimum atomic E-state index is -1.14. The molecule has 1 saturated heterocycles. The molecule has 2 rings (SSSR count). The lowest BCUT2D eigenvalue weighted by Crippen LogP contribution is -2.37. The summed E-state index contributed by atoms with van der Waals surface area (Å²) in [5.41, 5.74) is -0.0795. The second-order valence-corrected chi connectivity index (χ2v) is 6.06. The number of imide groups is 1. The van der Waals surface area contributed by atoms with Crippen molar-refractivity contribution in [1.29, 1.82) is 0 Å². The Morgan fingerprint density at radius 1 is 1.33 bits per heavy atom. The van der Waals surface area contributed by atoms with E-state index in [1.54, 1.807) is 26.0 Å². The van der Waals surface area contributed by atoms with Crippen LogP contribution in [0.3, 0.4) is 0 Å². The monoisotopic (exact) mass is 289 g/mol. The highest BCUT2D eigenvalue weighted by molar-refractivity contribution is 6.24. The molecule has 1 aromatic carbocycles. The summed E-state index contributed by atoms with van der Waals surface area (Å²) in [6.45, 7) is 7.19. The number of carboxylic acids is 1. The second kappa shape index (κ2) is 4.98. The van der Waals surface area contributed by atoms with E-state index in [1.165, 1.54) is 6.07 Å². The Hall–Kier alpha value is -2.17. The Bertz CT molecular complexity index is 635. The van der Waals surface area contributed by atoms with E-state index in [9.17, 15) is 19.5 Å². The number of carboxylic acid groups (broad SMARTS) is 1. The average Bonchev–Trinajstić information content (AvgIpc) is 2.60. The van der Waals surface area contributed by atoms with Crippen LogP contribution in [0, 0.1) is 18.3 Å². The summed E-state index contributed by atoms with van der Waals surface area (Å²) in [5, 5.41) is 9.37. The Morgan fingerprint density at radius 3 is 2.43 bits per heavy atom. The van der Waals surface area contributed by atoms with Crippen molar-refractivity contribution in [2.45, 2.75) is 34.1 Å². The number of aryl methyl sites for hydroxylation is 1. The molecule has 0 spiro atoms. The summed E-state index contributed by atoms with van der Waals surface area (Å²) in [7, 11) is 0. The van der Waals surface area contributed by atoms with Gasteiger partial charge in [0.15, 0.2) is 0 Å². The summed E-state index contributed by atoms with van der Waals surface area (Å²) in [5.74, 6) is -1.81. The standard InChI is InChI=1S/C16H19NO4/c1-9(2)16(4)8-12(18)17(15(16)21)11-7-5-6-10(3)13(11)14(19)20/h5-7,9H,8H2,1-4H3,(H,19,20). The van der Waals surface area contributed by atoms with Crippen molar-refractivity contribution in [2.75, 3.05) is 4.90 Å². The number of anilines is 1. The molecule has 1 unspecified atom stereocenters. The SMILES string of the molecule is Cc1cccc(N2C(=O)CC(C)(C(C)C)C2=O)c1C(=O)O. The van der Waals surface area contributed by atoms with Gasteiger partial charge in [-0.25, -0.2) is 9.69 Å². The molecule has 1 fully saturated rings. The van der Waals surface area contributed by atoms with E-state index in [2.05, 4.69) is 0 Å². The van der Waals surface area contributed by atoms with Crippen LogP contribution in [0.5, 0.6) is 0 Å². The number of benzene rings is 1. The molecule has 5 nitrogen and oxygen atoms in total. The molecular formula is C16H19NO4. The van der Waals surface area contributed by atoms with Crippen molar-refractivity contribution < 1.29 is 19.5 Å². The highest BCUT2D eigenvalue weighted by atomic mass is 16.4. The first-order valence-corrected chi connectivity index (χ1v) is 6.90. The summed E-state index contributed by atoms with van der Waals surface area (Å²) < 4.78 is 0. The van der Waals surface area contributed by atoms with Crippen LogP contribution in [0.15, 0.2) is 18.2 Å². The fraction of sp³-hybridized carbons (Fsp3) is 0.438. The quantitative estimate of drug-likeness (QED) is 0.868. The number of hydrogen-bond acceptors (Lipinski definition) is 3. The van der Waals surface area contributed by atoms with Crippen molar-refractivity contribution in [2.24, 2.45) is 11.3 Å². The van der Waals surface area contributed by atoms with Crippen molar-refractivity contribution in [1.82, 2.24) is 0 Å². The van der Waals surface area contributed by atoms with Gasteiger partial charge in [-0.3, -0.25) is 9.59 Å². The van der Waals surface area contributed by atoms with Gasteiger partial charge < -0.3 is 5.11 Å². The maximum atomic E-state index is 12.7. The summed E-state index contributed by atoms with van der Waals surface area (Å²) in [4.78, 5) is 37.5. The Morgan fingerprint density at radius 2 is 1.95 bits per heavy atom. The van der Waals surface area contributed by atoms with Crippen molar-refractivity contribution in [3.05, 3.63) is 29.3 Å². The van der Waals surface area contributed by atoms with Crippen LogP contribution in [0.25, 0.3) is 0 Å². The molecule has 0 saturated carbocycles. The minimum absolute atomic E-state index is 0.00274. The van der Waals surface area contributed by atoms with E-state index in [0.29, 0.717) is 5.56 Å². The molecule has 1 atom stereocenters. The topological polar surface area (TPSA) is 74.7 Å². The number of amides is 2. The lowest BCUT2D eigenvalue weighted by Gasteiger charge is -2.26. The Labute approximate surface area is 123 Å². The fourth-order valence-corrected chi connectivity index (χ4v) is 2.65. The van der Waals surface area contributed by atoms with Crippen LogP contribution < -0.4 is 4.90 Å². The van der Waals surface area contributed by atoms with Gasteiger partial charge in [-0.05, 0) is 31.4 Å². The molecule has 0 bridgehead atoms. The van der Waals surface area contributed by atoms with Crippen LogP contribution in [-0.4, -0.2) is 22.9 Å². The van der Waals surface area contributed by atoms with Gasteiger partial charge >= 0.3 is 5.97 Å². The maximum absolute atomic E-state index is 12.7. The summed E-state index contributed by atoms with van der Waals surface area (Å²) >= 11 is 0. The molecule has 0 radical (unpaired) electrons. The molecule has 1 aliphatic rings. The number of carbonyl (C=O) groups excluding carboxylic acids is 2. The van der Waals surface area contributed by atoms with Gasteiger partial charge in [0.05, 0.1) is 16.7 Å². The zero-order valence-corrected chi connectivity index (χ0v) is 12.6. The van der Waals surface area contributed by atoms with Gasteiger partial charge in [-0.15, -0.1) is 0 Å². The molecular weight excluding hydrogens is 270 g/mol. The van der Waals surface area contributed by atoms with Crippen LogP contribution in [0.2, 0.25) is 0 Å². The second-order valence-electron chi connectivity index (χ2n) is 6.06. The van der Waals surface area contributed by atoms with Gasteiger partial charge in [0.25, 0.3) is 0 Å². The van der Waals surface area contributed by atoms with Gasteiger partial charge in [0, 0.05) is 6.42 Å². The van der Waals surface area contributed by atoms with Crippen LogP contribution in [-0.2, 0) is 9.59 Å². The van der Waals surface area contributed by atoms with Crippen molar-refractivity contribution >= 4 is 23.5 Å². The molecule has 1 aliphatic heterocycles. The van der Waals surface area contributed by atoms with Crippen molar-refractivity contribution in [3.8, 4) is 0 Å². The van der Waals surface area contributed by atoms with E-state index in [-0.39, 0.29) is 35.4 Å². The van der Waals surface area contributed by atoms with E-state index < -0.39 is 11.4 Å². The van der Waals surface area contributed by atoms with E-state index in [0.717, 1.165) is 4.90 Å². The predicted octanol–water partition coefficient (Wildman–Crippen LogP) is 2.62. The van der Waals surface area contributed by atoms with Gasteiger partial charge in [-0.1, -0.05) is 26.0 Å². The van der Waals surface area contributed by atoms with E-state index in [1.807, 2.05) is 13.8 Å². The van der Waals surface area contributed by atoms with Crippen molar-refractivity contribution in [3.63, 3.8) is 0 Å². The first kappa shape index (κ1) is 15.2. The molecule has 1 heterocycles. The first-order chi connectivity index (χ1) is 9.70. The third-order valence-electron chi connectivity index (χ3n) is 4.44. The summed E-state index contributed by atoms with van der Waals surface area (Å²) in [6.07, 6.45) is 0.108. The third-order valence-corrected chi connectivity index (χ3v) is 4.44. The van der Waals surface area contributed by atoms with Crippen LogP contribution in [0.1, 0.15) is 43.1 Å². The number of rotatable bonds is 3. The Kier molecular flexibility index (Phi) is 3.61. The number of nitrogens with zero attached hydrogens (tertiary/aromatic N) is 1. The van der Waals surface area contributed by atoms with E-state index >= 15 is 0 Å².